The van der Waals surface area contributed by atoms with E-state index < -0.39 is 0 Å². The van der Waals surface area contributed by atoms with Crippen molar-refractivity contribution in [2.75, 3.05) is 6.54 Å². The number of nitrogens with one attached hydrogen (secondary N) is 1. The number of carbonyl (C=O) groups excluding carboxylic acids is 1. The lowest BCUT2D eigenvalue weighted by atomic mass is 10.2. The molecule has 2 nitrogen and oxygen atoms in total. The monoisotopic (exact) mass is 287 g/mol. The van der Waals surface area contributed by atoms with Crippen LogP contribution in [0.5, 0.6) is 0 Å². The Morgan fingerprint density at radius 3 is 2.85 bits per heavy atom. The lowest BCUT2D eigenvalue weighted by molar-refractivity contribution is 0.0957. The molecule has 1 rings (SSSR count). The van der Waals surface area contributed by atoms with Gasteiger partial charge in [-0.15, -0.1) is 6.58 Å². The molecule has 0 heterocycles. The fraction of sp³-hybridized carbons (Fsp3) is 0.100. The third-order valence-electron chi connectivity index (χ3n) is 1.53. The maximum Gasteiger partial charge on any atom is 0.252 e. The minimum Gasteiger partial charge on any atom is -0.349 e. The van der Waals surface area contributed by atoms with Gasteiger partial charge in [-0.1, -0.05) is 18.2 Å². The molecule has 1 aromatic rings. The second-order valence-corrected chi connectivity index (χ2v) is 3.64. The van der Waals surface area contributed by atoms with Crippen molar-refractivity contribution in [2.24, 2.45) is 0 Å². The number of rotatable bonds is 3. The molecule has 0 bridgehead atoms. The van der Waals surface area contributed by atoms with Crippen LogP contribution in [-0.2, 0) is 0 Å². The summed E-state index contributed by atoms with van der Waals surface area (Å²) in [7, 11) is 0. The van der Waals surface area contributed by atoms with E-state index in [1.807, 2.05) is 18.2 Å². The van der Waals surface area contributed by atoms with Crippen LogP contribution in [0.2, 0.25) is 0 Å². The van der Waals surface area contributed by atoms with Crippen molar-refractivity contribution in [3.63, 3.8) is 0 Å². The molecule has 68 valence electrons. The first-order valence-corrected chi connectivity index (χ1v) is 4.97. The minimum atomic E-state index is -0.0510. The second-order valence-electron chi connectivity index (χ2n) is 2.48. The summed E-state index contributed by atoms with van der Waals surface area (Å²) >= 11 is 2.14. The quantitative estimate of drug-likeness (QED) is 0.670. The SMILES string of the molecule is C=CCNC(=O)c1ccccc1I. The summed E-state index contributed by atoms with van der Waals surface area (Å²) in [6.45, 7) is 4.04. The Balaban J connectivity index is 2.76. The first-order valence-electron chi connectivity index (χ1n) is 3.89. The summed E-state index contributed by atoms with van der Waals surface area (Å²) in [5.74, 6) is -0.0510. The van der Waals surface area contributed by atoms with Crippen LogP contribution < -0.4 is 5.32 Å². The maximum atomic E-state index is 11.5. The lowest BCUT2D eigenvalue weighted by Gasteiger charge is -2.03. The lowest BCUT2D eigenvalue weighted by Crippen LogP contribution is -2.23. The molecule has 1 aromatic carbocycles. The number of benzene rings is 1. The molecule has 1 amide bonds. The smallest absolute Gasteiger partial charge is 0.252 e. The fourth-order valence-corrected chi connectivity index (χ4v) is 1.54. The van der Waals surface area contributed by atoms with E-state index in [-0.39, 0.29) is 5.91 Å². The summed E-state index contributed by atoms with van der Waals surface area (Å²) in [4.78, 5) is 11.5. The zero-order chi connectivity index (χ0) is 9.68. The van der Waals surface area contributed by atoms with E-state index in [0.29, 0.717) is 12.1 Å². The molecule has 0 unspecified atom stereocenters. The zero-order valence-corrected chi connectivity index (χ0v) is 9.24. The van der Waals surface area contributed by atoms with Crippen LogP contribution in [0.4, 0.5) is 0 Å². The van der Waals surface area contributed by atoms with E-state index in [1.54, 1.807) is 12.1 Å². The zero-order valence-electron chi connectivity index (χ0n) is 7.09. The maximum absolute atomic E-state index is 11.5. The van der Waals surface area contributed by atoms with Crippen molar-refractivity contribution >= 4 is 28.5 Å². The van der Waals surface area contributed by atoms with Gasteiger partial charge in [0.15, 0.2) is 0 Å². The Morgan fingerprint density at radius 1 is 1.54 bits per heavy atom. The van der Waals surface area contributed by atoms with E-state index in [9.17, 15) is 4.79 Å². The number of amides is 1. The van der Waals surface area contributed by atoms with Gasteiger partial charge in [-0.3, -0.25) is 4.79 Å². The molecule has 0 saturated heterocycles. The van der Waals surface area contributed by atoms with Gasteiger partial charge in [-0.25, -0.2) is 0 Å². The van der Waals surface area contributed by atoms with Gasteiger partial charge in [0, 0.05) is 10.1 Å². The topological polar surface area (TPSA) is 29.1 Å². The average molecular weight is 287 g/mol. The van der Waals surface area contributed by atoms with E-state index >= 15 is 0 Å². The highest BCUT2D eigenvalue weighted by Crippen LogP contribution is 2.10. The average Bonchev–Trinajstić information content (AvgIpc) is 2.15. The summed E-state index contributed by atoms with van der Waals surface area (Å²) in [5.41, 5.74) is 0.713. The van der Waals surface area contributed by atoms with Crippen LogP contribution >= 0.6 is 22.6 Å². The van der Waals surface area contributed by atoms with E-state index in [2.05, 4.69) is 34.5 Å². The van der Waals surface area contributed by atoms with Crippen molar-refractivity contribution in [3.05, 3.63) is 46.1 Å². The van der Waals surface area contributed by atoms with Crippen LogP contribution in [0.15, 0.2) is 36.9 Å². The standard InChI is InChI=1S/C10H10INO/c1-2-7-12-10(13)8-5-3-4-6-9(8)11/h2-6H,1,7H2,(H,12,13). The Kier molecular flexibility index (Phi) is 3.95. The molecule has 13 heavy (non-hydrogen) atoms. The van der Waals surface area contributed by atoms with Gasteiger partial charge in [0.1, 0.15) is 0 Å². The molecule has 0 aliphatic rings. The Hall–Kier alpha value is -0.840. The van der Waals surface area contributed by atoms with Gasteiger partial charge < -0.3 is 5.32 Å². The molecule has 1 N–H and O–H groups in total. The van der Waals surface area contributed by atoms with Gasteiger partial charge in [-0.2, -0.15) is 0 Å². The molecule has 0 saturated carbocycles. The number of halogens is 1. The van der Waals surface area contributed by atoms with E-state index in [1.165, 1.54) is 0 Å². The Morgan fingerprint density at radius 2 is 2.23 bits per heavy atom. The highest BCUT2D eigenvalue weighted by Gasteiger charge is 2.06. The summed E-state index contributed by atoms with van der Waals surface area (Å²) in [6, 6.07) is 7.47. The third kappa shape index (κ3) is 2.84. The van der Waals surface area contributed by atoms with E-state index in [4.69, 9.17) is 0 Å². The predicted octanol–water partition coefficient (Wildman–Crippen LogP) is 2.21. The Bertz CT molecular complexity index is 322. The highest BCUT2D eigenvalue weighted by molar-refractivity contribution is 14.1. The van der Waals surface area contributed by atoms with Crippen molar-refractivity contribution in [3.8, 4) is 0 Å². The molecular weight excluding hydrogens is 277 g/mol. The molecule has 0 radical (unpaired) electrons. The molecular formula is C10H10INO. The largest absolute Gasteiger partial charge is 0.349 e. The van der Waals surface area contributed by atoms with Crippen molar-refractivity contribution in [1.29, 1.82) is 0 Å². The molecule has 0 spiro atoms. The van der Waals surface area contributed by atoms with Gasteiger partial charge in [0.25, 0.3) is 5.91 Å². The summed E-state index contributed by atoms with van der Waals surface area (Å²) in [6.07, 6.45) is 1.66. The van der Waals surface area contributed by atoms with Crippen molar-refractivity contribution in [2.45, 2.75) is 0 Å². The van der Waals surface area contributed by atoms with Crippen LogP contribution in [0.3, 0.4) is 0 Å². The van der Waals surface area contributed by atoms with Gasteiger partial charge in [0.05, 0.1) is 5.56 Å². The van der Waals surface area contributed by atoms with Crippen molar-refractivity contribution < 1.29 is 4.79 Å². The van der Waals surface area contributed by atoms with Gasteiger partial charge in [0.2, 0.25) is 0 Å². The van der Waals surface area contributed by atoms with Crippen LogP contribution in [0.1, 0.15) is 10.4 Å². The van der Waals surface area contributed by atoms with Gasteiger partial charge >= 0.3 is 0 Å². The van der Waals surface area contributed by atoms with E-state index in [0.717, 1.165) is 3.57 Å². The molecule has 0 atom stereocenters. The number of hydrogen-bond acceptors (Lipinski definition) is 1. The normalized spacial score (nSPS) is 9.31. The second kappa shape index (κ2) is 5.01. The van der Waals surface area contributed by atoms with Crippen LogP contribution in [0.25, 0.3) is 0 Å². The first kappa shape index (κ1) is 10.2. The molecule has 0 aromatic heterocycles. The number of carbonyl (C=O) groups is 1. The predicted molar refractivity (Wildman–Crippen MR) is 61.7 cm³/mol. The van der Waals surface area contributed by atoms with Crippen LogP contribution in [-0.4, -0.2) is 12.5 Å². The Labute approximate surface area is 91.2 Å². The van der Waals surface area contributed by atoms with Crippen molar-refractivity contribution in [1.82, 2.24) is 5.32 Å². The highest BCUT2D eigenvalue weighted by atomic mass is 127. The van der Waals surface area contributed by atoms with Gasteiger partial charge in [-0.05, 0) is 34.7 Å². The molecule has 3 heteroatoms. The molecule has 0 aliphatic carbocycles. The summed E-state index contributed by atoms with van der Waals surface area (Å²) in [5, 5.41) is 2.73. The fourth-order valence-electron chi connectivity index (χ4n) is 0.905. The molecule has 0 fully saturated rings. The summed E-state index contributed by atoms with van der Waals surface area (Å²) < 4.78 is 0.960. The minimum absolute atomic E-state index is 0.0510. The number of hydrogen-bond donors (Lipinski definition) is 1. The first-order chi connectivity index (χ1) is 6.25. The third-order valence-corrected chi connectivity index (χ3v) is 2.47. The van der Waals surface area contributed by atoms with Crippen LogP contribution in [0, 0.1) is 3.57 Å². The molecule has 0 aliphatic heterocycles.